The van der Waals surface area contributed by atoms with E-state index in [0.29, 0.717) is 0 Å². The van der Waals surface area contributed by atoms with Crippen LogP contribution in [-0.4, -0.2) is 11.5 Å². The number of hydrogen-bond acceptors (Lipinski definition) is 3. The molecular weight excluding hydrogens is 399 g/mol. The highest BCUT2D eigenvalue weighted by molar-refractivity contribution is 9.11. The first-order chi connectivity index (χ1) is 8.61. The second kappa shape index (κ2) is 6.48. The quantitative estimate of drug-likeness (QED) is 0.766. The van der Waals surface area contributed by atoms with Crippen LogP contribution in [0.15, 0.2) is 33.3 Å². The molecule has 0 aliphatic rings. The molecule has 0 bridgehead atoms. The lowest BCUT2D eigenvalue weighted by Gasteiger charge is -2.17. The van der Waals surface area contributed by atoms with Crippen molar-refractivity contribution in [3.05, 3.63) is 48.2 Å². The Balaban J connectivity index is 2.41. The lowest BCUT2D eigenvalue weighted by atomic mass is 10.1. The summed E-state index contributed by atoms with van der Waals surface area (Å²) in [5.74, 6) is 0. The zero-order valence-corrected chi connectivity index (χ0v) is 14.3. The van der Waals surface area contributed by atoms with Crippen molar-refractivity contribution >= 4 is 54.8 Å². The van der Waals surface area contributed by atoms with Gasteiger partial charge in [0.2, 0.25) is 0 Å². The van der Waals surface area contributed by atoms with E-state index in [1.54, 1.807) is 17.5 Å². The van der Waals surface area contributed by atoms with Crippen molar-refractivity contribution < 1.29 is 0 Å². The molecule has 6 heteroatoms. The smallest absolute Gasteiger partial charge is 0.0931 e. The van der Waals surface area contributed by atoms with Crippen molar-refractivity contribution in [3.8, 4) is 0 Å². The number of aromatic nitrogens is 1. The Bertz CT molecular complexity index is 545. The van der Waals surface area contributed by atoms with E-state index in [0.717, 1.165) is 30.4 Å². The predicted molar refractivity (Wildman–Crippen MR) is 84.5 cm³/mol. The first-order valence-electron chi connectivity index (χ1n) is 5.41. The molecule has 2 rings (SSSR count). The standard InChI is InChI=1S/C12H11Br2ClN2S/c1-2-16-12(9-3-4-10(15)18-9)11-8(14)5-7(13)6-17-11/h3-6,12,16H,2H2,1H3. The van der Waals surface area contributed by atoms with Gasteiger partial charge in [-0.25, -0.2) is 0 Å². The molecule has 2 heterocycles. The third-order valence-electron chi connectivity index (χ3n) is 2.40. The van der Waals surface area contributed by atoms with Crippen LogP contribution in [-0.2, 0) is 0 Å². The summed E-state index contributed by atoms with van der Waals surface area (Å²) in [5, 5.41) is 3.43. The van der Waals surface area contributed by atoms with Crippen LogP contribution in [0.3, 0.4) is 0 Å². The number of nitrogens with one attached hydrogen (secondary N) is 1. The van der Waals surface area contributed by atoms with Crippen molar-refractivity contribution in [2.24, 2.45) is 0 Å². The lowest BCUT2D eigenvalue weighted by molar-refractivity contribution is 0.621. The predicted octanol–water partition coefficient (Wildman–Crippen LogP) is 5.02. The molecule has 0 spiro atoms. The zero-order chi connectivity index (χ0) is 13.1. The van der Waals surface area contributed by atoms with E-state index >= 15 is 0 Å². The summed E-state index contributed by atoms with van der Waals surface area (Å²) < 4.78 is 2.73. The molecule has 18 heavy (non-hydrogen) atoms. The fourth-order valence-electron chi connectivity index (χ4n) is 1.66. The molecule has 0 aromatic carbocycles. The summed E-state index contributed by atoms with van der Waals surface area (Å²) in [5.41, 5.74) is 0.971. The molecule has 2 aromatic heterocycles. The van der Waals surface area contributed by atoms with Gasteiger partial charge in [0.05, 0.1) is 16.1 Å². The van der Waals surface area contributed by atoms with E-state index in [2.05, 4.69) is 49.1 Å². The Labute approximate surface area is 132 Å². The van der Waals surface area contributed by atoms with Gasteiger partial charge in [0.15, 0.2) is 0 Å². The van der Waals surface area contributed by atoms with Crippen LogP contribution in [0.1, 0.15) is 23.5 Å². The number of halogens is 3. The minimum atomic E-state index is 0.0648. The Morgan fingerprint density at radius 1 is 1.44 bits per heavy atom. The summed E-state index contributed by atoms with van der Waals surface area (Å²) in [7, 11) is 0. The van der Waals surface area contributed by atoms with Crippen LogP contribution in [0.5, 0.6) is 0 Å². The van der Waals surface area contributed by atoms with Crippen LogP contribution in [0.4, 0.5) is 0 Å². The highest BCUT2D eigenvalue weighted by Crippen LogP contribution is 2.33. The van der Waals surface area contributed by atoms with Crippen molar-refractivity contribution in [1.82, 2.24) is 10.3 Å². The molecule has 0 radical (unpaired) electrons. The van der Waals surface area contributed by atoms with Gasteiger partial charge in [0.1, 0.15) is 0 Å². The van der Waals surface area contributed by atoms with Gasteiger partial charge in [0, 0.05) is 20.0 Å². The van der Waals surface area contributed by atoms with Crippen LogP contribution in [0, 0.1) is 0 Å². The number of hydrogen-bond donors (Lipinski definition) is 1. The second-order valence-electron chi connectivity index (χ2n) is 3.65. The molecular formula is C12H11Br2ClN2S. The normalized spacial score (nSPS) is 12.7. The number of pyridine rings is 1. The molecule has 2 aromatic rings. The maximum atomic E-state index is 6.01. The monoisotopic (exact) mass is 408 g/mol. The SMILES string of the molecule is CCNC(c1ccc(Cl)s1)c1ncc(Br)cc1Br. The van der Waals surface area contributed by atoms with Gasteiger partial charge in [-0.15, -0.1) is 11.3 Å². The van der Waals surface area contributed by atoms with Crippen molar-refractivity contribution in [1.29, 1.82) is 0 Å². The third-order valence-corrected chi connectivity index (χ3v) is 4.76. The van der Waals surface area contributed by atoms with Gasteiger partial charge in [-0.05, 0) is 56.6 Å². The van der Waals surface area contributed by atoms with Gasteiger partial charge >= 0.3 is 0 Å². The zero-order valence-electron chi connectivity index (χ0n) is 9.58. The molecule has 1 N–H and O–H groups in total. The van der Waals surface area contributed by atoms with Gasteiger partial charge in [-0.2, -0.15) is 0 Å². The highest BCUT2D eigenvalue weighted by atomic mass is 79.9. The Kier molecular flexibility index (Phi) is 5.21. The van der Waals surface area contributed by atoms with Crippen molar-refractivity contribution in [2.75, 3.05) is 6.54 Å². The molecule has 1 unspecified atom stereocenters. The van der Waals surface area contributed by atoms with Gasteiger partial charge in [-0.1, -0.05) is 18.5 Å². The first kappa shape index (κ1) is 14.5. The average Bonchev–Trinajstić information content (AvgIpc) is 2.73. The molecule has 0 aliphatic heterocycles. The summed E-state index contributed by atoms with van der Waals surface area (Å²) in [6, 6.07) is 6.02. The molecule has 0 aliphatic carbocycles. The first-order valence-corrected chi connectivity index (χ1v) is 8.19. The van der Waals surface area contributed by atoms with Crippen LogP contribution in [0.25, 0.3) is 0 Å². The van der Waals surface area contributed by atoms with E-state index < -0.39 is 0 Å². The maximum absolute atomic E-state index is 6.01. The van der Waals surface area contributed by atoms with Gasteiger partial charge < -0.3 is 5.32 Å². The Morgan fingerprint density at radius 2 is 2.22 bits per heavy atom. The maximum Gasteiger partial charge on any atom is 0.0931 e. The molecule has 1 atom stereocenters. The molecule has 0 fully saturated rings. The van der Waals surface area contributed by atoms with Crippen LogP contribution < -0.4 is 5.32 Å². The van der Waals surface area contributed by atoms with E-state index in [1.807, 2.05) is 18.2 Å². The molecule has 0 amide bonds. The summed E-state index contributed by atoms with van der Waals surface area (Å²) in [6.07, 6.45) is 1.81. The summed E-state index contributed by atoms with van der Waals surface area (Å²) in [4.78, 5) is 5.65. The largest absolute Gasteiger partial charge is 0.305 e. The van der Waals surface area contributed by atoms with Crippen LogP contribution >= 0.6 is 54.8 Å². The topological polar surface area (TPSA) is 24.9 Å². The third kappa shape index (κ3) is 3.33. The fraction of sp³-hybridized carbons (Fsp3) is 0.250. The number of thiophene rings is 1. The fourth-order valence-corrected chi connectivity index (χ4v) is 4.01. The summed E-state index contributed by atoms with van der Waals surface area (Å²) in [6.45, 7) is 2.94. The summed E-state index contributed by atoms with van der Waals surface area (Å²) >= 11 is 14.6. The van der Waals surface area contributed by atoms with E-state index in [4.69, 9.17) is 11.6 Å². The lowest BCUT2D eigenvalue weighted by Crippen LogP contribution is -2.22. The second-order valence-corrected chi connectivity index (χ2v) is 7.17. The van der Waals surface area contributed by atoms with E-state index in [1.165, 1.54) is 0 Å². The average molecular weight is 411 g/mol. The van der Waals surface area contributed by atoms with Crippen molar-refractivity contribution in [2.45, 2.75) is 13.0 Å². The van der Waals surface area contributed by atoms with Gasteiger partial charge in [-0.3, -0.25) is 4.98 Å². The van der Waals surface area contributed by atoms with Gasteiger partial charge in [0.25, 0.3) is 0 Å². The molecule has 0 saturated heterocycles. The number of nitrogens with zero attached hydrogens (tertiary/aromatic N) is 1. The van der Waals surface area contributed by atoms with E-state index in [9.17, 15) is 0 Å². The van der Waals surface area contributed by atoms with Crippen molar-refractivity contribution in [3.63, 3.8) is 0 Å². The number of rotatable bonds is 4. The highest BCUT2D eigenvalue weighted by Gasteiger charge is 2.19. The minimum absolute atomic E-state index is 0.0648. The van der Waals surface area contributed by atoms with Crippen LogP contribution in [0.2, 0.25) is 4.34 Å². The molecule has 96 valence electrons. The Morgan fingerprint density at radius 3 is 2.78 bits per heavy atom. The molecule has 0 saturated carbocycles. The van der Waals surface area contributed by atoms with E-state index in [-0.39, 0.29) is 6.04 Å². The molecule has 2 nitrogen and oxygen atoms in total. The minimum Gasteiger partial charge on any atom is -0.305 e. The Hall–Kier alpha value is 0.0600.